The Balaban J connectivity index is 2.20. The summed E-state index contributed by atoms with van der Waals surface area (Å²) in [5.41, 5.74) is 2.95. The Bertz CT molecular complexity index is 598. The van der Waals surface area contributed by atoms with E-state index in [1.54, 1.807) is 0 Å². The Morgan fingerprint density at radius 3 is 2.47 bits per heavy atom. The molecule has 19 heavy (non-hydrogen) atoms. The van der Waals surface area contributed by atoms with Crippen LogP contribution < -0.4 is 4.90 Å². The van der Waals surface area contributed by atoms with Crippen molar-refractivity contribution in [1.29, 1.82) is 0 Å². The molecule has 0 aliphatic heterocycles. The third-order valence-electron chi connectivity index (χ3n) is 2.92. The molecule has 0 aliphatic carbocycles. The van der Waals surface area contributed by atoms with Crippen LogP contribution in [0.4, 0.5) is 5.69 Å². The minimum Gasteiger partial charge on any atom is -0.370 e. The monoisotopic (exact) mass is 381 g/mol. The van der Waals surface area contributed by atoms with Crippen LogP contribution in [0.1, 0.15) is 15.9 Å². The van der Waals surface area contributed by atoms with Crippen molar-refractivity contribution in [2.75, 3.05) is 11.9 Å². The van der Waals surface area contributed by atoms with Crippen molar-refractivity contribution in [1.82, 2.24) is 0 Å². The van der Waals surface area contributed by atoms with Gasteiger partial charge in [0.05, 0.1) is 0 Å². The smallest absolute Gasteiger partial charge is 0.151 e. The van der Waals surface area contributed by atoms with E-state index in [1.807, 2.05) is 43.4 Å². The fourth-order valence-electron chi connectivity index (χ4n) is 1.82. The summed E-state index contributed by atoms with van der Waals surface area (Å²) in [7, 11) is 2.03. The third-order valence-corrected chi connectivity index (χ3v) is 4.38. The molecule has 2 aromatic rings. The second kappa shape index (κ2) is 6.35. The molecule has 98 valence electrons. The van der Waals surface area contributed by atoms with E-state index >= 15 is 0 Å². The van der Waals surface area contributed by atoms with Gasteiger partial charge in [-0.1, -0.05) is 34.1 Å². The van der Waals surface area contributed by atoms with Gasteiger partial charge in [0.2, 0.25) is 0 Å². The molecule has 4 heteroatoms. The number of aldehydes is 1. The van der Waals surface area contributed by atoms with Crippen LogP contribution in [0.3, 0.4) is 0 Å². The number of carbonyl (C=O) groups is 1. The van der Waals surface area contributed by atoms with E-state index in [-0.39, 0.29) is 0 Å². The van der Waals surface area contributed by atoms with E-state index < -0.39 is 0 Å². The molecule has 0 unspecified atom stereocenters. The third kappa shape index (κ3) is 3.45. The highest BCUT2D eigenvalue weighted by atomic mass is 79.9. The first kappa shape index (κ1) is 14.3. The Kier molecular flexibility index (Phi) is 4.77. The highest BCUT2D eigenvalue weighted by Crippen LogP contribution is 2.25. The van der Waals surface area contributed by atoms with Gasteiger partial charge in [-0.2, -0.15) is 0 Å². The molecule has 0 aromatic heterocycles. The van der Waals surface area contributed by atoms with Crippen LogP contribution in [0, 0.1) is 0 Å². The topological polar surface area (TPSA) is 20.3 Å². The Morgan fingerprint density at radius 2 is 1.84 bits per heavy atom. The lowest BCUT2D eigenvalue weighted by Gasteiger charge is -2.20. The zero-order valence-electron chi connectivity index (χ0n) is 10.4. The van der Waals surface area contributed by atoms with Crippen molar-refractivity contribution in [3.8, 4) is 0 Å². The lowest BCUT2D eigenvalue weighted by atomic mass is 10.2. The van der Waals surface area contributed by atoms with Gasteiger partial charge < -0.3 is 4.90 Å². The van der Waals surface area contributed by atoms with Gasteiger partial charge in [0.25, 0.3) is 0 Å². The lowest BCUT2D eigenvalue weighted by Crippen LogP contribution is -2.16. The number of carbonyl (C=O) groups excluding carboxylic acids is 1. The lowest BCUT2D eigenvalue weighted by molar-refractivity contribution is 0.112. The first-order valence-corrected chi connectivity index (χ1v) is 7.39. The highest BCUT2D eigenvalue weighted by Gasteiger charge is 2.07. The SMILES string of the molecule is CN(Cc1ccccc1Br)c1ccc(C=O)c(Br)c1. The average Bonchev–Trinajstić information content (AvgIpc) is 2.41. The molecular formula is C15H13Br2NO. The van der Waals surface area contributed by atoms with E-state index in [2.05, 4.69) is 42.8 Å². The van der Waals surface area contributed by atoms with Crippen molar-refractivity contribution >= 4 is 43.8 Å². The summed E-state index contributed by atoms with van der Waals surface area (Å²) in [6.45, 7) is 0.800. The number of rotatable bonds is 4. The number of hydrogen-bond donors (Lipinski definition) is 0. The van der Waals surface area contributed by atoms with Crippen molar-refractivity contribution < 1.29 is 4.79 Å². The highest BCUT2D eigenvalue weighted by molar-refractivity contribution is 9.10. The zero-order valence-corrected chi connectivity index (χ0v) is 13.6. The average molecular weight is 383 g/mol. The van der Waals surface area contributed by atoms with Crippen LogP contribution in [0.2, 0.25) is 0 Å². The zero-order chi connectivity index (χ0) is 13.8. The molecule has 0 aliphatic rings. The summed E-state index contributed by atoms with van der Waals surface area (Å²) < 4.78 is 1.92. The summed E-state index contributed by atoms with van der Waals surface area (Å²) in [5.74, 6) is 0. The number of halogens is 2. The second-order valence-corrected chi connectivity index (χ2v) is 5.98. The minimum absolute atomic E-state index is 0.665. The van der Waals surface area contributed by atoms with Crippen LogP contribution in [-0.4, -0.2) is 13.3 Å². The van der Waals surface area contributed by atoms with Gasteiger partial charge in [0, 0.05) is 33.8 Å². The summed E-state index contributed by atoms with van der Waals surface area (Å²) in [5, 5.41) is 0. The number of hydrogen-bond acceptors (Lipinski definition) is 2. The number of anilines is 1. The molecule has 0 amide bonds. The van der Waals surface area contributed by atoms with Gasteiger partial charge in [0.1, 0.15) is 0 Å². The van der Waals surface area contributed by atoms with Gasteiger partial charge in [-0.15, -0.1) is 0 Å². The Labute approximate surface area is 129 Å². The summed E-state index contributed by atoms with van der Waals surface area (Å²) in [6, 6.07) is 13.9. The first-order chi connectivity index (χ1) is 9.11. The summed E-state index contributed by atoms with van der Waals surface area (Å²) in [4.78, 5) is 12.9. The van der Waals surface area contributed by atoms with Crippen molar-refractivity contribution in [3.63, 3.8) is 0 Å². The van der Waals surface area contributed by atoms with Crippen LogP contribution in [0.5, 0.6) is 0 Å². The molecule has 0 saturated heterocycles. The first-order valence-electron chi connectivity index (χ1n) is 5.81. The quantitative estimate of drug-likeness (QED) is 0.716. The van der Waals surface area contributed by atoms with E-state index in [4.69, 9.17) is 0 Å². The largest absolute Gasteiger partial charge is 0.370 e. The van der Waals surface area contributed by atoms with Crippen molar-refractivity contribution in [2.24, 2.45) is 0 Å². The summed E-state index contributed by atoms with van der Waals surface area (Å²) in [6.07, 6.45) is 0.849. The predicted octanol–water partition coefficient (Wildman–Crippen LogP) is 4.66. The Hall–Kier alpha value is -1.13. The molecule has 0 saturated carbocycles. The maximum Gasteiger partial charge on any atom is 0.151 e. The van der Waals surface area contributed by atoms with Crippen LogP contribution in [-0.2, 0) is 6.54 Å². The molecule has 0 atom stereocenters. The van der Waals surface area contributed by atoms with Crippen LogP contribution in [0.15, 0.2) is 51.4 Å². The maximum atomic E-state index is 10.8. The van der Waals surface area contributed by atoms with Gasteiger partial charge in [0.15, 0.2) is 6.29 Å². The predicted molar refractivity (Wildman–Crippen MR) is 85.8 cm³/mol. The van der Waals surface area contributed by atoms with Crippen molar-refractivity contribution in [2.45, 2.75) is 6.54 Å². The van der Waals surface area contributed by atoms with Gasteiger partial charge >= 0.3 is 0 Å². The Morgan fingerprint density at radius 1 is 1.11 bits per heavy atom. The number of nitrogens with zero attached hydrogens (tertiary/aromatic N) is 1. The van der Waals surface area contributed by atoms with E-state index in [1.165, 1.54) is 5.56 Å². The molecule has 0 bridgehead atoms. The maximum absolute atomic E-state index is 10.8. The van der Waals surface area contributed by atoms with Crippen LogP contribution in [0.25, 0.3) is 0 Å². The molecular weight excluding hydrogens is 370 g/mol. The fourth-order valence-corrected chi connectivity index (χ4v) is 2.69. The van der Waals surface area contributed by atoms with Crippen molar-refractivity contribution in [3.05, 3.63) is 62.5 Å². The minimum atomic E-state index is 0.665. The molecule has 2 aromatic carbocycles. The standard InChI is InChI=1S/C15H13Br2NO/c1-18(9-11-4-2-3-5-14(11)16)13-7-6-12(10-19)15(17)8-13/h2-8,10H,9H2,1H3. The molecule has 0 heterocycles. The molecule has 2 nitrogen and oxygen atoms in total. The molecule has 0 spiro atoms. The van der Waals surface area contributed by atoms with Gasteiger partial charge in [-0.05, 0) is 45.8 Å². The van der Waals surface area contributed by atoms with E-state index in [0.29, 0.717) is 5.56 Å². The van der Waals surface area contributed by atoms with Gasteiger partial charge in [-0.3, -0.25) is 4.79 Å². The molecule has 2 rings (SSSR count). The normalized spacial score (nSPS) is 10.3. The number of benzene rings is 2. The van der Waals surface area contributed by atoms with E-state index in [9.17, 15) is 4.79 Å². The fraction of sp³-hybridized carbons (Fsp3) is 0.133. The second-order valence-electron chi connectivity index (χ2n) is 4.27. The molecule has 0 radical (unpaired) electrons. The van der Waals surface area contributed by atoms with Crippen LogP contribution >= 0.6 is 31.9 Å². The van der Waals surface area contributed by atoms with Gasteiger partial charge in [-0.25, -0.2) is 0 Å². The van der Waals surface area contributed by atoms with E-state index in [0.717, 1.165) is 27.5 Å². The molecule has 0 fully saturated rings. The molecule has 0 N–H and O–H groups in total. The summed E-state index contributed by atoms with van der Waals surface area (Å²) >= 11 is 6.96.